The molecule has 2 radical (unpaired) electrons. The molecule has 1 unspecified atom stereocenters. The summed E-state index contributed by atoms with van der Waals surface area (Å²) in [5.41, 5.74) is 6.73. The van der Waals surface area contributed by atoms with E-state index in [-0.39, 0.29) is 39.7 Å². The van der Waals surface area contributed by atoms with Gasteiger partial charge in [-0.2, -0.15) is 17.2 Å². The summed E-state index contributed by atoms with van der Waals surface area (Å²) in [4.78, 5) is 0. The predicted octanol–water partition coefficient (Wildman–Crippen LogP) is 8.01. The summed E-state index contributed by atoms with van der Waals surface area (Å²) >= 11 is 1.36. The molecule has 3 aromatic rings. The van der Waals surface area contributed by atoms with Crippen LogP contribution in [0.25, 0.3) is 16.3 Å². The van der Waals surface area contributed by atoms with Crippen molar-refractivity contribution in [2.45, 2.75) is 27.7 Å². The molecule has 1 aliphatic rings. The summed E-state index contributed by atoms with van der Waals surface area (Å²) in [6.45, 7) is 11.7. The van der Waals surface area contributed by atoms with Crippen molar-refractivity contribution in [3.8, 4) is 0 Å². The summed E-state index contributed by atoms with van der Waals surface area (Å²) in [6, 6.07) is 21.3. The quantitative estimate of drug-likeness (QED) is 0.219. The first-order valence-electron chi connectivity index (χ1n) is 8.80. The van der Waals surface area contributed by atoms with Crippen LogP contribution in [0.15, 0.2) is 72.3 Å². The van der Waals surface area contributed by atoms with E-state index in [1.165, 1.54) is 61.9 Å². The minimum atomic E-state index is 0. The molecule has 30 heavy (non-hydrogen) atoms. The molecular weight excluding hydrogens is 503 g/mol. The zero-order valence-corrected chi connectivity index (χ0v) is 23.8. The van der Waals surface area contributed by atoms with Gasteiger partial charge in [-0.15, -0.1) is 71.0 Å². The zero-order valence-electron chi connectivity index (χ0n) is 18.7. The molecule has 0 spiro atoms. The first-order chi connectivity index (χ1) is 12.6. The molecule has 4 rings (SSSR count). The molecule has 1 aliphatic carbocycles. The molecule has 0 amide bonds. The molecule has 0 nitrogen and oxygen atoms in total. The Morgan fingerprint density at radius 3 is 1.90 bits per heavy atom. The molecule has 0 heterocycles. The summed E-state index contributed by atoms with van der Waals surface area (Å²) < 4.78 is 0. The van der Waals surface area contributed by atoms with Gasteiger partial charge in [0.05, 0.1) is 0 Å². The monoisotopic (exact) mass is 532 g/mol. The van der Waals surface area contributed by atoms with Crippen LogP contribution < -0.4 is 0 Å². The van der Waals surface area contributed by atoms with E-state index in [0.717, 1.165) is 0 Å². The van der Waals surface area contributed by atoms with E-state index in [4.69, 9.17) is 0 Å². The van der Waals surface area contributed by atoms with Crippen LogP contribution in [0.3, 0.4) is 0 Å². The Kier molecular flexibility index (Phi) is 19.0. The number of halogens is 2. The van der Waals surface area contributed by atoms with Gasteiger partial charge < -0.3 is 14.9 Å². The molecule has 0 bridgehead atoms. The standard InChI is InChI=1S/C13H13.C11H11.2CH3.2ClH.Si.Zr/c1-10-8-11(2)13(9-10)12-6-4-3-5-7-12;1-8-7-10-5-3-4-6-11(10)9(8)2;;;;;;/h3-7,9-10H,1-2H3;3-7H,1-2H3;2*1H3;2*1H;;/q4*-1;;;;. The van der Waals surface area contributed by atoms with Crippen LogP contribution in [-0.2, 0) is 23.3 Å². The third-order valence-corrected chi connectivity index (χ3v) is 4.68. The van der Waals surface area contributed by atoms with Crippen LogP contribution in [0.1, 0.15) is 30.5 Å². The molecule has 0 saturated carbocycles. The maximum atomic E-state index is 3.39. The van der Waals surface area contributed by atoms with Gasteiger partial charge >= 0.3 is 30.2 Å². The molecule has 0 N–H and O–H groups in total. The zero-order chi connectivity index (χ0) is 19.1. The van der Waals surface area contributed by atoms with E-state index in [1.54, 1.807) is 0 Å². The number of hydrogen-bond donors (Lipinski definition) is 0. The van der Waals surface area contributed by atoms with Crippen LogP contribution in [0.4, 0.5) is 0 Å². The Labute approximate surface area is 213 Å². The average Bonchev–Trinajstić information content (AvgIpc) is 3.16. The summed E-state index contributed by atoms with van der Waals surface area (Å²) in [5, 5.41) is 2.76. The second kappa shape index (κ2) is 16.8. The van der Waals surface area contributed by atoms with Gasteiger partial charge in [0.1, 0.15) is 0 Å². The van der Waals surface area contributed by atoms with Gasteiger partial charge in [0.2, 0.25) is 0 Å². The van der Waals surface area contributed by atoms with E-state index in [0.29, 0.717) is 5.92 Å². The molecular formula is C26H32Cl2SiZr-4. The topological polar surface area (TPSA) is 0 Å². The maximum absolute atomic E-state index is 3.39. The summed E-state index contributed by atoms with van der Waals surface area (Å²) in [7, 11) is 0. The summed E-state index contributed by atoms with van der Waals surface area (Å²) in [6.07, 6.45) is 5.66. The number of fused-ring (bicyclic) bond motifs is 1. The van der Waals surface area contributed by atoms with E-state index >= 15 is 0 Å². The van der Waals surface area contributed by atoms with Crippen molar-refractivity contribution in [2.75, 3.05) is 0 Å². The molecule has 162 valence electrons. The molecule has 0 aromatic heterocycles. The van der Waals surface area contributed by atoms with Gasteiger partial charge in [0.25, 0.3) is 0 Å². The fourth-order valence-corrected chi connectivity index (χ4v) is 3.28. The van der Waals surface area contributed by atoms with E-state index in [1.807, 2.05) is 6.07 Å². The number of aryl methyl sites for hydroxylation is 2. The second-order valence-corrected chi connectivity index (χ2v) is 6.54. The Bertz CT molecular complexity index is 927. The van der Waals surface area contributed by atoms with Crippen molar-refractivity contribution in [1.29, 1.82) is 0 Å². The first kappa shape index (κ1) is 33.8. The first-order valence-corrected chi connectivity index (χ1v) is 13.0. The van der Waals surface area contributed by atoms with Gasteiger partial charge in [0.15, 0.2) is 0 Å². The van der Waals surface area contributed by atoms with E-state index in [9.17, 15) is 0 Å². The second-order valence-electron chi connectivity index (χ2n) is 6.54. The third kappa shape index (κ3) is 8.75. The van der Waals surface area contributed by atoms with Crippen LogP contribution >= 0.6 is 24.8 Å². The molecule has 1 atom stereocenters. The molecule has 3 aromatic carbocycles. The van der Waals surface area contributed by atoms with Crippen LogP contribution in [-0.4, -0.2) is 6.88 Å². The van der Waals surface area contributed by atoms with Crippen molar-refractivity contribution in [2.24, 2.45) is 5.92 Å². The van der Waals surface area contributed by atoms with Crippen molar-refractivity contribution in [3.05, 3.63) is 110 Å². The third-order valence-electron chi connectivity index (χ3n) is 4.68. The Morgan fingerprint density at radius 1 is 0.867 bits per heavy atom. The average molecular weight is 535 g/mol. The van der Waals surface area contributed by atoms with E-state index < -0.39 is 0 Å². The fourth-order valence-electron chi connectivity index (χ4n) is 3.28. The van der Waals surface area contributed by atoms with Crippen molar-refractivity contribution in [3.63, 3.8) is 0 Å². The van der Waals surface area contributed by atoms with Gasteiger partial charge in [0, 0.05) is 0 Å². The number of benzene rings is 2. The number of hydrogen-bond acceptors (Lipinski definition) is 0. The van der Waals surface area contributed by atoms with Crippen LogP contribution in [0.2, 0.25) is 0 Å². The number of allylic oxidation sites excluding steroid dienone is 4. The Hall–Kier alpha value is -0.790. The van der Waals surface area contributed by atoms with Gasteiger partial charge in [-0.3, -0.25) is 6.08 Å². The van der Waals surface area contributed by atoms with Crippen LogP contribution in [0.5, 0.6) is 0 Å². The normalized spacial score (nSPS) is 13.2. The van der Waals surface area contributed by atoms with Crippen molar-refractivity contribution >= 4 is 48.0 Å². The van der Waals surface area contributed by atoms with Crippen molar-refractivity contribution in [1.82, 2.24) is 0 Å². The molecule has 0 saturated heterocycles. The summed E-state index contributed by atoms with van der Waals surface area (Å²) in [5.74, 6) is 0.468. The van der Waals surface area contributed by atoms with E-state index in [2.05, 4.69) is 101 Å². The fraction of sp³-hybridized carbons (Fsp3) is 0.192. The van der Waals surface area contributed by atoms with Crippen molar-refractivity contribution < 1.29 is 23.3 Å². The predicted molar refractivity (Wildman–Crippen MR) is 138 cm³/mol. The Balaban J connectivity index is -0.000000403. The molecule has 4 heteroatoms. The Morgan fingerprint density at radius 2 is 1.40 bits per heavy atom. The molecule has 0 aliphatic heterocycles. The molecule has 0 fully saturated rings. The minimum absolute atomic E-state index is 0. The van der Waals surface area contributed by atoms with Gasteiger partial charge in [-0.05, 0) is 0 Å². The van der Waals surface area contributed by atoms with Gasteiger partial charge in [-0.1, -0.05) is 70.0 Å². The SMILES string of the molecule is CC1=[C-]C(C)C=C1c1ccccc1.Cc1[cH-]c2ccccc2c1C.Cl.Cl.[CH3-].[CH3-].[Si]=[Zr]. The van der Waals surface area contributed by atoms with Crippen LogP contribution in [0, 0.1) is 40.7 Å². The number of rotatable bonds is 1. The van der Waals surface area contributed by atoms with Gasteiger partial charge in [-0.25, -0.2) is 5.57 Å².